The van der Waals surface area contributed by atoms with Gasteiger partial charge in [0.1, 0.15) is 12.5 Å². The van der Waals surface area contributed by atoms with Gasteiger partial charge in [-0.05, 0) is 18.2 Å². The molecule has 0 saturated heterocycles. The average Bonchev–Trinajstić information content (AvgIpc) is 2.88. The molecular formula is C11H8FN3OS. The molecule has 2 heterocycles. The minimum Gasteiger partial charge on any atom is -0.319 e. The molecule has 6 heteroatoms. The molecule has 0 spiro atoms. The smallest absolute Gasteiger partial charge is 0.309 e. The van der Waals surface area contributed by atoms with Crippen molar-refractivity contribution in [3.63, 3.8) is 0 Å². The van der Waals surface area contributed by atoms with Gasteiger partial charge in [0.2, 0.25) is 0 Å². The molecule has 0 bridgehead atoms. The summed E-state index contributed by atoms with van der Waals surface area (Å²) in [4.78, 5) is 15.6. The van der Waals surface area contributed by atoms with Crippen LogP contribution in [-0.4, -0.2) is 14.1 Å². The Labute approximate surface area is 99.6 Å². The Bertz CT molecular complexity index is 714. The minimum atomic E-state index is -0.325. The second kappa shape index (κ2) is 3.81. The average molecular weight is 249 g/mol. The lowest BCUT2D eigenvalue weighted by Crippen LogP contribution is -2.17. The summed E-state index contributed by atoms with van der Waals surface area (Å²) in [6, 6.07) is 4.37. The SMILES string of the molecule is O=c1sc2cc(F)ccc2n1Cn1ccnc1. The van der Waals surface area contributed by atoms with Crippen molar-refractivity contribution in [1.29, 1.82) is 0 Å². The number of aromatic nitrogens is 3. The van der Waals surface area contributed by atoms with E-state index in [1.807, 2.05) is 0 Å². The maximum absolute atomic E-state index is 13.0. The Kier molecular flexibility index (Phi) is 2.29. The fraction of sp³-hybridized carbons (Fsp3) is 0.0909. The summed E-state index contributed by atoms with van der Waals surface area (Å²) in [7, 11) is 0. The summed E-state index contributed by atoms with van der Waals surface area (Å²) < 4.78 is 17.1. The Hall–Kier alpha value is -1.95. The van der Waals surface area contributed by atoms with E-state index in [4.69, 9.17) is 0 Å². The zero-order valence-corrected chi connectivity index (χ0v) is 9.52. The van der Waals surface area contributed by atoms with Gasteiger partial charge in [0.05, 0.1) is 16.5 Å². The molecule has 0 saturated carbocycles. The van der Waals surface area contributed by atoms with Crippen molar-refractivity contribution in [3.05, 3.63) is 52.4 Å². The molecule has 0 atom stereocenters. The second-order valence-corrected chi connectivity index (χ2v) is 4.62. The number of benzene rings is 1. The largest absolute Gasteiger partial charge is 0.319 e. The molecule has 0 unspecified atom stereocenters. The molecule has 2 aromatic heterocycles. The quantitative estimate of drug-likeness (QED) is 0.696. The van der Waals surface area contributed by atoms with Crippen molar-refractivity contribution < 1.29 is 4.39 Å². The van der Waals surface area contributed by atoms with Gasteiger partial charge < -0.3 is 4.57 Å². The highest BCUT2D eigenvalue weighted by Gasteiger charge is 2.08. The fourth-order valence-electron chi connectivity index (χ4n) is 1.71. The lowest BCUT2D eigenvalue weighted by molar-refractivity contribution is 0.613. The molecule has 1 aromatic carbocycles. The summed E-state index contributed by atoms with van der Waals surface area (Å²) in [6.45, 7) is 0.393. The van der Waals surface area contributed by atoms with Crippen molar-refractivity contribution in [2.75, 3.05) is 0 Å². The molecule has 0 aliphatic rings. The minimum absolute atomic E-state index is 0.0979. The van der Waals surface area contributed by atoms with Crippen molar-refractivity contribution >= 4 is 21.6 Å². The molecule has 0 amide bonds. The van der Waals surface area contributed by atoms with Gasteiger partial charge in [0, 0.05) is 12.4 Å². The van der Waals surface area contributed by atoms with Gasteiger partial charge >= 0.3 is 4.87 Å². The third-order valence-corrected chi connectivity index (χ3v) is 3.44. The zero-order chi connectivity index (χ0) is 11.8. The molecule has 0 fully saturated rings. The third kappa shape index (κ3) is 1.76. The van der Waals surface area contributed by atoms with Crippen LogP contribution in [0.2, 0.25) is 0 Å². The molecule has 0 N–H and O–H groups in total. The van der Waals surface area contributed by atoms with Crippen molar-refractivity contribution in [2.24, 2.45) is 0 Å². The normalized spacial score (nSPS) is 11.1. The predicted octanol–water partition coefficient (Wildman–Crippen LogP) is 1.90. The van der Waals surface area contributed by atoms with Crippen LogP contribution in [0.3, 0.4) is 0 Å². The maximum atomic E-state index is 13.0. The molecule has 0 radical (unpaired) electrons. The maximum Gasteiger partial charge on any atom is 0.309 e. The van der Waals surface area contributed by atoms with E-state index in [1.165, 1.54) is 12.1 Å². The zero-order valence-electron chi connectivity index (χ0n) is 8.71. The summed E-state index contributed by atoms with van der Waals surface area (Å²) in [5.74, 6) is -0.325. The first-order valence-electron chi connectivity index (χ1n) is 4.99. The molecular weight excluding hydrogens is 241 g/mol. The molecule has 17 heavy (non-hydrogen) atoms. The molecule has 4 nitrogen and oxygen atoms in total. The summed E-state index contributed by atoms with van der Waals surface area (Å²) in [5.41, 5.74) is 0.745. The first-order valence-corrected chi connectivity index (χ1v) is 5.80. The molecule has 0 aliphatic heterocycles. The van der Waals surface area contributed by atoms with E-state index in [2.05, 4.69) is 4.98 Å². The molecule has 0 aliphatic carbocycles. The lowest BCUT2D eigenvalue weighted by Gasteiger charge is -2.03. The molecule has 3 aromatic rings. The van der Waals surface area contributed by atoms with Crippen molar-refractivity contribution in [3.8, 4) is 0 Å². The van der Waals surface area contributed by atoms with Crippen LogP contribution >= 0.6 is 11.3 Å². The van der Waals surface area contributed by atoms with Crippen LogP contribution in [0.5, 0.6) is 0 Å². The van der Waals surface area contributed by atoms with E-state index in [0.29, 0.717) is 11.4 Å². The van der Waals surface area contributed by atoms with Crippen LogP contribution in [0.15, 0.2) is 41.7 Å². The topological polar surface area (TPSA) is 39.8 Å². The van der Waals surface area contributed by atoms with Crippen LogP contribution in [0.4, 0.5) is 4.39 Å². The fourth-order valence-corrected chi connectivity index (χ4v) is 2.62. The highest BCUT2D eigenvalue weighted by atomic mass is 32.1. The Morgan fingerprint density at radius 1 is 1.41 bits per heavy atom. The van der Waals surface area contributed by atoms with E-state index >= 15 is 0 Å². The van der Waals surface area contributed by atoms with Gasteiger partial charge in [-0.2, -0.15) is 0 Å². The van der Waals surface area contributed by atoms with Crippen LogP contribution in [0, 0.1) is 5.82 Å². The number of nitrogens with zero attached hydrogens (tertiary/aromatic N) is 3. The Morgan fingerprint density at radius 3 is 3.06 bits per heavy atom. The number of fused-ring (bicyclic) bond motifs is 1. The number of imidazole rings is 1. The van der Waals surface area contributed by atoms with Crippen molar-refractivity contribution in [2.45, 2.75) is 6.67 Å². The second-order valence-electron chi connectivity index (χ2n) is 3.63. The predicted molar refractivity (Wildman–Crippen MR) is 63.7 cm³/mol. The van der Waals surface area contributed by atoms with Crippen LogP contribution in [-0.2, 0) is 6.67 Å². The van der Waals surface area contributed by atoms with Crippen molar-refractivity contribution in [1.82, 2.24) is 14.1 Å². The highest BCUT2D eigenvalue weighted by molar-refractivity contribution is 7.16. The van der Waals surface area contributed by atoms with Gasteiger partial charge in [0.15, 0.2) is 0 Å². The summed E-state index contributed by atoms with van der Waals surface area (Å²) in [5, 5.41) is 0. The molecule has 86 valence electrons. The van der Waals surface area contributed by atoms with Gasteiger partial charge in [-0.25, -0.2) is 9.37 Å². The van der Waals surface area contributed by atoms with Gasteiger partial charge in [-0.15, -0.1) is 0 Å². The van der Waals surface area contributed by atoms with E-state index in [0.717, 1.165) is 16.9 Å². The van der Waals surface area contributed by atoms with Crippen LogP contribution in [0.1, 0.15) is 0 Å². The van der Waals surface area contributed by atoms with Crippen LogP contribution in [0.25, 0.3) is 10.2 Å². The van der Waals surface area contributed by atoms with Gasteiger partial charge in [-0.1, -0.05) is 11.3 Å². The van der Waals surface area contributed by atoms with Crippen LogP contribution < -0.4 is 4.87 Å². The first kappa shape index (κ1) is 10.2. The number of halogens is 1. The molecule has 3 rings (SSSR count). The number of hydrogen-bond donors (Lipinski definition) is 0. The summed E-state index contributed by atoms with van der Waals surface area (Å²) in [6.07, 6.45) is 5.07. The van der Waals surface area contributed by atoms with E-state index in [-0.39, 0.29) is 10.7 Å². The monoisotopic (exact) mass is 249 g/mol. The Morgan fingerprint density at radius 2 is 2.29 bits per heavy atom. The van der Waals surface area contributed by atoms with Gasteiger partial charge in [-0.3, -0.25) is 9.36 Å². The van der Waals surface area contributed by atoms with E-state index in [9.17, 15) is 9.18 Å². The highest BCUT2D eigenvalue weighted by Crippen LogP contribution is 2.18. The van der Waals surface area contributed by atoms with Gasteiger partial charge in [0.25, 0.3) is 0 Å². The third-order valence-electron chi connectivity index (χ3n) is 2.49. The number of rotatable bonds is 2. The number of hydrogen-bond acceptors (Lipinski definition) is 3. The Balaban J connectivity index is 2.16. The standard InChI is InChI=1S/C11H8FN3OS/c12-8-1-2-9-10(5-8)17-11(16)15(9)7-14-4-3-13-6-14/h1-6H,7H2. The van der Waals surface area contributed by atoms with E-state index in [1.54, 1.807) is 33.9 Å². The first-order chi connectivity index (χ1) is 8.24. The summed E-state index contributed by atoms with van der Waals surface area (Å²) >= 11 is 1.05. The number of thiazole rings is 1. The van der Waals surface area contributed by atoms with E-state index < -0.39 is 0 Å². The lowest BCUT2D eigenvalue weighted by atomic mass is 10.3.